The van der Waals surface area contributed by atoms with Crippen molar-refractivity contribution in [2.75, 3.05) is 38.3 Å². The number of fused-ring (bicyclic) bond motifs is 1. The smallest absolute Gasteiger partial charge is 0.341 e. The van der Waals surface area contributed by atoms with Crippen molar-refractivity contribution in [1.29, 1.82) is 0 Å². The Labute approximate surface area is 206 Å². The molecule has 1 aliphatic carbocycles. The molecule has 1 saturated heterocycles. The Morgan fingerprint density at radius 3 is 2.69 bits per heavy atom. The molecular formula is C27H27F2N3O4. The van der Waals surface area contributed by atoms with E-state index in [0.717, 1.165) is 24.5 Å². The maximum Gasteiger partial charge on any atom is 0.341 e. The molecule has 9 heteroatoms. The van der Waals surface area contributed by atoms with E-state index in [1.54, 1.807) is 15.7 Å². The second-order valence-electron chi connectivity index (χ2n) is 9.64. The quantitative estimate of drug-likeness (QED) is 0.467. The SMILES string of the molecule is COc1c(N2CC[C@](CF)(CN=Cc3ccccc3)C2)c(F)cc2c(=O)c(C(=O)O)cn(C3CC3)c12. The van der Waals surface area contributed by atoms with Gasteiger partial charge < -0.3 is 19.3 Å². The molecule has 1 N–H and O–H groups in total. The molecule has 1 saturated carbocycles. The van der Waals surface area contributed by atoms with Gasteiger partial charge >= 0.3 is 5.97 Å². The monoisotopic (exact) mass is 495 g/mol. The number of aliphatic imine (C=N–C) groups is 1. The molecule has 7 nitrogen and oxygen atoms in total. The molecule has 0 bridgehead atoms. The molecule has 0 radical (unpaired) electrons. The minimum absolute atomic E-state index is 0.00856. The number of hydrogen-bond acceptors (Lipinski definition) is 5. The Morgan fingerprint density at radius 1 is 1.31 bits per heavy atom. The maximum atomic E-state index is 15.6. The van der Waals surface area contributed by atoms with Crippen molar-refractivity contribution < 1.29 is 23.4 Å². The molecule has 188 valence electrons. The number of pyridine rings is 1. The molecule has 1 aliphatic heterocycles. The summed E-state index contributed by atoms with van der Waals surface area (Å²) >= 11 is 0. The fourth-order valence-electron chi connectivity index (χ4n) is 5.01. The summed E-state index contributed by atoms with van der Waals surface area (Å²) in [6, 6.07) is 10.6. The number of methoxy groups -OCH3 is 1. The number of alkyl halides is 1. The number of ether oxygens (including phenoxy) is 1. The molecule has 1 aromatic heterocycles. The molecule has 1 atom stereocenters. The molecule has 36 heavy (non-hydrogen) atoms. The largest absolute Gasteiger partial charge is 0.492 e. The van der Waals surface area contributed by atoms with Gasteiger partial charge in [0.25, 0.3) is 0 Å². The summed E-state index contributed by atoms with van der Waals surface area (Å²) < 4.78 is 37.3. The van der Waals surface area contributed by atoms with Crippen LogP contribution in [0.25, 0.3) is 10.9 Å². The Bertz CT molecular complexity index is 1400. The van der Waals surface area contributed by atoms with E-state index in [4.69, 9.17) is 4.74 Å². The van der Waals surface area contributed by atoms with E-state index in [9.17, 15) is 19.1 Å². The highest BCUT2D eigenvalue weighted by Crippen LogP contribution is 2.46. The molecule has 3 aromatic rings. The maximum absolute atomic E-state index is 15.6. The van der Waals surface area contributed by atoms with E-state index in [1.807, 2.05) is 30.3 Å². The fourth-order valence-corrected chi connectivity index (χ4v) is 5.01. The standard InChI is InChI=1S/C27H27F2N3O4/c1-36-25-22-19(24(33)20(26(34)35)13-32(22)18-7-8-18)11-21(29)23(25)31-10-9-27(14-28,16-31)15-30-12-17-5-3-2-4-6-17/h2-6,11-13,18H,7-10,14-16H2,1H3,(H,34,35)/t27-/m0/s1. The van der Waals surface area contributed by atoms with Gasteiger partial charge in [0.15, 0.2) is 11.6 Å². The van der Waals surface area contributed by atoms with E-state index in [2.05, 4.69) is 4.99 Å². The topological polar surface area (TPSA) is 84.1 Å². The van der Waals surface area contributed by atoms with E-state index in [0.29, 0.717) is 18.5 Å². The minimum atomic E-state index is -1.36. The highest BCUT2D eigenvalue weighted by atomic mass is 19.1. The van der Waals surface area contributed by atoms with Gasteiger partial charge in [0.2, 0.25) is 5.43 Å². The lowest BCUT2D eigenvalue weighted by Crippen LogP contribution is -2.32. The van der Waals surface area contributed by atoms with Crippen LogP contribution in [0.1, 0.15) is 41.2 Å². The zero-order valence-corrected chi connectivity index (χ0v) is 19.9. The number of rotatable bonds is 8. The lowest BCUT2D eigenvalue weighted by Gasteiger charge is -2.27. The van der Waals surface area contributed by atoms with Crippen LogP contribution in [0.3, 0.4) is 0 Å². The van der Waals surface area contributed by atoms with E-state index in [-0.39, 0.29) is 36.0 Å². The van der Waals surface area contributed by atoms with Crippen molar-refractivity contribution in [2.24, 2.45) is 10.4 Å². The van der Waals surface area contributed by atoms with Gasteiger partial charge in [0, 0.05) is 43.5 Å². The van der Waals surface area contributed by atoms with Crippen LogP contribution in [0.4, 0.5) is 14.5 Å². The molecule has 0 spiro atoms. The van der Waals surface area contributed by atoms with Gasteiger partial charge in [-0.25, -0.2) is 9.18 Å². The molecule has 2 heterocycles. The predicted molar refractivity (Wildman–Crippen MR) is 134 cm³/mol. The predicted octanol–water partition coefficient (Wildman–Crippen LogP) is 4.47. The first-order valence-electron chi connectivity index (χ1n) is 11.9. The van der Waals surface area contributed by atoms with Crippen LogP contribution < -0.4 is 15.1 Å². The summed E-state index contributed by atoms with van der Waals surface area (Å²) in [5.41, 5.74) is -0.496. The number of carboxylic acid groups (broad SMARTS) is 1. The number of carbonyl (C=O) groups is 1. The average Bonchev–Trinajstić information content (AvgIpc) is 3.64. The third-order valence-electron chi connectivity index (χ3n) is 7.08. The molecular weight excluding hydrogens is 468 g/mol. The van der Waals surface area contributed by atoms with Gasteiger partial charge in [0.1, 0.15) is 11.3 Å². The zero-order valence-electron chi connectivity index (χ0n) is 19.9. The van der Waals surface area contributed by atoms with Crippen molar-refractivity contribution >= 4 is 28.8 Å². The van der Waals surface area contributed by atoms with E-state index in [1.165, 1.54) is 13.3 Å². The first-order valence-corrected chi connectivity index (χ1v) is 11.9. The number of halogens is 2. The Hall–Kier alpha value is -3.75. The highest BCUT2D eigenvalue weighted by Gasteiger charge is 2.41. The molecule has 5 rings (SSSR count). The number of benzene rings is 2. The van der Waals surface area contributed by atoms with E-state index < -0.39 is 34.9 Å². The Morgan fingerprint density at radius 2 is 2.06 bits per heavy atom. The summed E-state index contributed by atoms with van der Waals surface area (Å²) in [6.45, 7) is 0.267. The van der Waals surface area contributed by atoms with Gasteiger partial charge in [-0.3, -0.25) is 14.2 Å². The van der Waals surface area contributed by atoms with Crippen molar-refractivity contribution in [1.82, 2.24) is 4.57 Å². The number of nitrogens with zero attached hydrogens (tertiary/aromatic N) is 3. The molecule has 0 unspecified atom stereocenters. The van der Waals surface area contributed by atoms with Gasteiger partial charge in [-0.1, -0.05) is 30.3 Å². The summed E-state index contributed by atoms with van der Waals surface area (Å²) in [7, 11) is 1.40. The second-order valence-corrected chi connectivity index (χ2v) is 9.64. The van der Waals surface area contributed by atoms with Crippen LogP contribution in [0, 0.1) is 11.2 Å². The average molecular weight is 496 g/mol. The van der Waals surface area contributed by atoms with Crippen molar-refractivity contribution in [2.45, 2.75) is 25.3 Å². The first kappa shape index (κ1) is 24.0. The summed E-state index contributed by atoms with van der Waals surface area (Å²) in [6.07, 6.45) is 5.15. The normalized spacial score (nSPS) is 19.9. The van der Waals surface area contributed by atoms with E-state index >= 15 is 4.39 Å². The lowest BCUT2D eigenvalue weighted by atomic mass is 9.89. The van der Waals surface area contributed by atoms with Crippen LogP contribution in [0.2, 0.25) is 0 Å². The van der Waals surface area contributed by atoms with Gasteiger partial charge in [0.05, 0.1) is 24.7 Å². The summed E-state index contributed by atoms with van der Waals surface area (Å²) in [5, 5.41) is 9.47. The van der Waals surface area contributed by atoms with Crippen LogP contribution in [-0.2, 0) is 0 Å². The van der Waals surface area contributed by atoms with Crippen LogP contribution in [0.5, 0.6) is 5.75 Å². The van der Waals surface area contributed by atoms with Crippen molar-refractivity contribution in [3.8, 4) is 5.75 Å². The van der Waals surface area contributed by atoms with Crippen LogP contribution >= 0.6 is 0 Å². The third kappa shape index (κ3) is 4.23. The van der Waals surface area contributed by atoms with Gasteiger partial charge in [-0.05, 0) is 30.9 Å². The zero-order chi connectivity index (χ0) is 25.4. The second kappa shape index (κ2) is 9.37. The summed E-state index contributed by atoms with van der Waals surface area (Å²) in [5.74, 6) is -1.90. The Balaban J connectivity index is 1.54. The first-order chi connectivity index (χ1) is 17.4. The molecule has 2 aliphatic rings. The molecule has 2 fully saturated rings. The van der Waals surface area contributed by atoms with Crippen LogP contribution in [-0.4, -0.2) is 55.3 Å². The number of hydrogen-bond donors (Lipinski definition) is 1. The molecule has 2 aromatic carbocycles. The Kier molecular flexibility index (Phi) is 6.24. The summed E-state index contributed by atoms with van der Waals surface area (Å²) in [4.78, 5) is 30.8. The number of aromatic carboxylic acids is 1. The van der Waals surface area contributed by atoms with Crippen molar-refractivity contribution in [3.05, 3.63) is 69.8 Å². The van der Waals surface area contributed by atoms with Gasteiger partial charge in [-0.2, -0.15) is 0 Å². The number of aromatic nitrogens is 1. The fraction of sp³-hybridized carbons (Fsp3) is 0.370. The lowest BCUT2D eigenvalue weighted by molar-refractivity contribution is 0.0694. The van der Waals surface area contributed by atoms with Crippen LogP contribution in [0.15, 0.2) is 52.4 Å². The minimum Gasteiger partial charge on any atom is -0.492 e. The third-order valence-corrected chi connectivity index (χ3v) is 7.08. The van der Waals surface area contributed by atoms with Gasteiger partial charge in [-0.15, -0.1) is 0 Å². The number of carboxylic acids is 1. The number of anilines is 1. The molecule has 0 amide bonds. The highest BCUT2D eigenvalue weighted by molar-refractivity contribution is 5.97. The van der Waals surface area contributed by atoms with Crippen molar-refractivity contribution in [3.63, 3.8) is 0 Å².